The highest BCUT2D eigenvalue weighted by Crippen LogP contribution is 2.33. The average molecular weight is 419 g/mol. The molecule has 2 aromatic heterocycles. The first-order chi connectivity index (χ1) is 15.1. The quantitative estimate of drug-likeness (QED) is 0.260. The molecule has 31 heavy (non-hydrogen) atoms. The maximum atomic E-state index is 10.8. The van der Waals surface area contributed by atoms with E-state index in [4.69, 9.17) is 0 Å². The minimum absolute atomic E-state index is 0.0282. The number of benzene rings is 1. The van der Waals surface area contributed by atoms with Crippen LogP contribution in [-0.4, -0.2) is 48.4 Å². The second kappa shape index (κ2) is 7.88. The predicted octanol–water partition coefficient (Wildman–Crippen LogP) is 3.17. The van der Waals surface area contributed by atoms with Crippen molar-refractivity contribution in [2.75, 3.05) is 11.9 Å². The largest absolute Gasteiger partial charge is 0.396 e. The van der Waals surface area contributed by atoms with Gasteiger partial charge in [-0.25, -0.2) is 9.98 Å². The summed E-state index contributed by atoms with van der Waals surface area (Å²) >= 11 is 0. The van der Waals surface area contributed by atoms with E-state index in [0.717, 1.165) is 19.3 Å². The fourth-order valence-electron chi connectivity index (χ4n) is 3.64. The number of nitrogens with zero attached hydrogens (tertiary/aromatic N) is 6. The van der Waals surface area contributed by atoms with Crippen molar-refractivity contribution in [3.63, 3.8) is 0 Å². The third-order valence-corrected chi connectivity index (χ3v) is 5.50. The molecule has 2 heterocycles. The standard InChI is InChI=1S/C21H21N7O3/c29-11-14-3-8-17(9-14)27-12-23-18-19(24-15-4-5-15)25-21(26-20(18)27)22-10-13-1-6-16(7-2-13)28(30)31/h1-3,6-8,10,12,14-15,17,29H,4-5,9,11H2,(H,24,25,26)/b22-10+. The van der Waals surface area contributed by atoms with Gasteiger partial charge in [-0.15, -0.1) is 0 Å². The number of rotatable bonds is 7. The fourth-order valence-corrected chi connectivity index (χ4v) is 3.64. The Bertz CT molecular complexity index is 1180. The summed E-state index contributed by atoms with van der Waals surface area (Å²) in [6, 6.07) is 6.59. The molecule has 1 aromatic carbocycles. The molecular formula is C21H21N7O3. The van der Waals surface area contributed by atoms with E-state index in [2.05, 4.69) is 31.3 Å². The normalized spacial score (nSPS) is 20.7. The van der Waals surface area contributed by atoms with Crippen LogP contribution in [0.3, 0.4) is 0 Å². The van der Waals surface area contributed by atoms with Gasteiger partial charge in [0.25, 0.3) is 11.6 Å². The topological polar surface area (TPSA) is 131 Å². The van der Waals surface area contributed by atoms with Crippen LogP contribution >= 0.6 is 0 Å². The highest BCUT2D eigenvalue weighted by atomic mass is 16.6. The number of fused-ring (bicyclic) bond motifs is 1. The van der Waals surface area contributed by atoms with Gasteiger partial charge in [0.2, 0.25) is 0 Å². The van der Waals surface area contributed by atoms with Crippen LogP contribution in [0.25, 0.3) is 11.2 Å². The van der Waals surface area contributed by atoms with Crippen LogP contribution in [0.1, 0.15) is 30.9 Å². The number of nitro benzene ring substituents is 1. The molecule has 3 aromatic rings. The first-order valence-electron chi connectivity index (χ1n) is 10.2. The molecular weight excluding hydrogens is 398 g/mol. The highest BCUT2D eigenvalue weighted by Gasteiger charge is 2.26. The summed E-state index contributed by atoms with van der Waals surface area (Å²) < 4.78 is 1.99. The van der Waals surface area contributed by atoms with Gasteiger partial charge in [0.15, 0.2) is 17.0 Å². The molecule has 0 bridgehead atoms. The van der Waals surface area contributed by atoms with E-state index in [9.17, 15) is 15.2 Å². The molecule has 0 amide bonds. The Hall–Kier alpha value is -3.66. The van der Waals surface area contributed by atoms with Crippen LogP contribution in [0.2, 0.25) is 0 Å². The van der Waals surface area contributed by atoms with Crippen molar-refractivity contribution >= 4 is 34.8 Å². The summed E-state index contributed by atoms with van der Waals surface area (Å²) in [5, 5.41) is 23.7. The van der Waals surface area contributed by atoms with E-state index in [1.54, 1.807) is 24.7 Å². The number of aliphatic imine (C=N–C) groups is 1. The van der Waals surface area contributed by atoms with Gasteiger partial charge in [0.1, 0.15) is 0 Å². The monoisotopic (exact) mass is 419 g/mol. The summed E-state index contributed by atoms with van der Waals surface area (Å²) in [7, 11) is 0. The summed E-state index contributed by atoms with van der Waals surface area (Å²) in [5.41, 5.74) is 2.12. The Morgan fingerprint density at radius 3 is 2.74 bits per heavy atom. The van der Waals surface area contributed by atoms with E-state index < -0.39 is 4.92 Å². The van der Waals surface area contributed by atoms with E-state index in [-0.39, 0.29) is 30.2 Å². The number of imidazole rings is 1. The van der Waals surface area contributed by atoms with Crippen molar-refractivity contribution in [3.05, 3.63) is 58.4 Å². The Kier molecular flexibility index (Phi) is 4.91. The second-order valence-electron chi connectivity index (χ2n) is 7.85. The van der Waals surface area contributed by atoms with Gasteiger partial charge in [0.05, 0.1) is 17.3 Å². The third-order valence-electron chi connectivity index (χ3n) is 5.50. The van der Waals surface area contributed by atoms with Crippen LogP contribution in [0.5, 0.6) is 0 Å². The molecule has 2 atom stereocenters. The zero-order valence-electron chi connectivity index (χ0n) is 16.6. The van der Waals surface area contributed by atoms with Crippen molar-refractivity contribution < 1.29 is 10.0 Å². The Morgan fingerprint density at radius 1 is 1.26 bits per heavy atom. The van der Waals surface area contributed by atoms with Crippen LogP contribution < -0.4 is 5.32 Å². The molecule has 10 nitrogen and oxygen atoms in total. The number of aliphatic hydroxyl groups is 1. The lowest BCUT2D eigenvalue weighted by Crippen LogP contribution is -2.09. The Morgan fingerprint density at radius 2 is 2.06 bits per heavy atom. The Labute approximate surface area is 177 Å². The summed E-state index contributed by atoms with van der Waals surface area (Å²) in [6.45, 7) is 0.119. The summed E-state index contributed by atoms with van der Waals surface area (Å²) in [6.07, 6.45) is 10.4. The van der Waals surface area contributed by atoms with E-state index in [0.29, 0.717) is 28.6 Å². The molecule has 158 valence electrons. The van der Waals surface area contributed by atoms with Gasteiger partial charge in [-0.2, -0.15) is 9.97 Å². The average Bonchev–Trinajstić information content (AvgIpc) is 3.29. The molecule has 0 radical (unpaired) electrons. The maximum Gasteiger partial charge on any atom is 0.269 e. The lowest BCUT2D eigenvalue weighted by atomic mass is 10.1. The number of anilines is 1. The molecule has 10 heteroatoms. The smallest absolute Gasteiger partial charge is 0.269 e. The van der Waals surface area contributed by atoms with Crippen LogP contribution in [0.15, 0.2) is 47.7 Å². The minimum atomic E-state index is -0.437. The van der Waals surface area contributed by atoms with Gasteiger partial charge >= 0.3 is 0 Å². The third kappa shape index (κ3) is 4.02. The zero-order chi connectivity index (χ0) is 21.4. The van der Waals surface area contributed by atoms with Gasteiger partial charge < -0.3 is 15.0 Å². The van der Waals surface area contributed by atoms with Crippen LogP contribution in [-0.2, 0) is 0 Å². The highest BCUT2D eigenvalue weighted by molar-refractivity contribution is 5.86. The molecule has 5 rings (SSSR count). The number of nitrogens with one attached hydrogen (secondary N) is 1. The lowest BCUT2D eigenvalue weighted by molar-refractivity contribution is -0.384. The van der Waals surface area contributed by atoms with Crippen molar-refractivity contribution in [2.24, 2.45) is 10.9 Å². The van der Waals surface area contributed by atoms with Gasteiger partial charge in [-0.3, -0.25) is 10.1 Å². The number of hydrogen-bond donors (Lipinski definition) is 2. The second-order valence-corrected chi connectivity index (χ2v) is 7.85. The van der Waals surface area contributed by atoms with Gasteiger partial charge in [0, 0.05) is 36.9 Å². The number of hydrogen-bond acceptors (Lipinski definition) is 8. The fraction of sp³-hybridized carbons (Fsp3) is 0.333. The zero-order valence-corrected chi connectivity index (χ0v) is 16.6. The molecule has 2 unspecified atom stereocenters. The number of aliphatic hydroxyl groups excluding tert-OH is 1. The molecule has 2 aliphatic carbocycles. The first-order valence-corrected chi connectivity index (χ1v) is 10.2. The van der Waals surface area contributed by atoms with Crippen molar-refractivity contribution in [1.29, 1.82) is 0 Å². The molecule has 0 saturated heterocycles. The van der Waals surface area contributed by atoms with Crippen LogP contribution in [0, 0.1) is 16.0 Å². The predicted molar refractivity (Wildman–Crippen MR) is 116 cm³/mol. The molecule has 0 aliphatic heterocycles. The first kappa shape index (κ1) is 19.3. The SMILES string of the molecule is O=[N+]([O-])c1ccc(/C=N/c2nc(NC3CC3)c3ncn(C4C=CC(CO)C4)c3n2)cc1. The number of non-ortho nitro benzene ring substituents is 1. The molecule has 1 fully saturated rings. The lowest BCUT2D eigenvalue weighted by Gasteiger charge is -2.13. The Balaban J connectivity index is 1.49. The van der Waals surface area contributed by atoms with Gasteiger partial charge in [-0.05, 0) is 37.0 Å². The van der Waals surface area contributed by atoms with E-state index in [1.807, 2.05) is 10.6 Å². The van der Waals surface area contributed by atoms with Crippen molar-refractivity contribution in [2.45, 2.75) is 31.3 Å². The molecule has 1 saturated carbocycles. The number of aromatic nitrogens is 4. The summed E-state index contributed by atoms with van der Waals surface area (Å²) in [5.74, 6) is 1.08. The minimum Gasteiger partial charge on any atom is -0.396 e. The maximum absolute atomic E-state index is 10.8. The molecule has 0 spiro atoms. The van der Waals surface area contributed by atoms with Crippen LogP contribution in [0.4, 0.5) is 17.5 Å². The number of nitro groups is 1. The van der Waals surface area contributed by atoms with Gasteiger partial charge in [-0.1, -0.05) is 12.2 Å². The van der Waals surface area contributed by atoms with Crippen molar-refractivity contribution in [1.82, 2.24) is 19.5 Å². The number of allylic oxidation sites excluding steroid dienone is 1. The summed E-state index contributed by atoms with van der Waals surface area (Å²) in [4.78, 5) is 28.5. The van der Waals surface area contributed by atoms with E-state index in [1.165, 1.54) is 12.1 Å². The van der Waals surface area contributed by atoms with E-state index >= 15 is 0 Å². The van der Waals surface area contributed by atoms with Crippen molar-refractivity contribution in [3.8, 4) is 0 Å². The molecule has 2 N–H and O–H groups in total. The molecule has 2 aliphatic rings.